The molecule has 6 heteroatoms. The highest BCUT2D eigenvalue weighted by molar-refractivity contribution is 5.88. The van der Waals surface area contributed by atoms with Gasteiger partial charge in [-0.05, 0) is 49.4 Å². The summed E-state index contributed by atoms with van der Waals surface area (Å²) in [6.07, 6.45) is 2.56. The molecule has 3 N–H and O–H groups in total. The lowest BCUT2D eigenvalue weighted by Gasteiger charge is -2.14. The number of benzene rings is 2. The van der Waals surface area contributed by atoms with E-state index in [2.05, 4.69) is 27.0 Å². The van der Waals surface area contributed by atoms with Gasteiger partial charge in [-0.25, -0.2) is 4.99 Å². The van der Waals surface area contributed by atoms with E-state index in [4.69, 9.17) is 4.74 Å². The van der Waals surface area contributed by atoms with Crippen LogP contribution in [0.4, 0.5) is 5.69 Å². The minimum absolute atomic E-state index is 0.0803. The van der Waals surface area contributed by atoms with E-state index in [0.29, 0.717) is 13.1 Å². The third-order valence-corrected chi connectivity index (χ3v) is 4.60. The number of hydrogen-bond acceptors (Lipinski definition) is 3. The predicted molar refractivity (Wildman–Crippen MR) is 117 cm³/mol. The van der Waals surface area contributed by atoms with Gasteiger partial charge in [0.05, 0.1) is 13.2 Å². The number of anilines is 1. The van der Waals surface area contributed by atoms with Crippen LogP contribution in [0.15, 0.2) is 53.5 Å². The summed E-state index contributed by atoms with van der Waals surface area (Å²) in [5.74, 6) is 2.33. The summed E-state index contributed by atoms with van der Waals surface area (Å²) < 4.78 is 5.99. The number of carbonyl (C=O) groups excluding carboxylic acids is 1. The maximum absolute atomic E-state index is 11.2. The average Bonchev–Trinajstić information content (AvgIpc) is 3.53. The van der Waals surface area contributed by atoms with Gasteiger partial charge >= 0.3 is 0 Å². The Kier molecular flexibility index (Phi) is 7.50. The van der Waals surface area contributed by atoms with Crippen LogP contribution in [-0.2, 0) is 17.9 Å². The minimum Gasteiger partial charge on any atom is -0.493 e. The van der Waals surface area contributed by atoms with Crippen LogP contribution in [0, 0.1) is 5.92 Å². The van der Waals surface area contributed by atoms with E-state index in [-0.39, 0.29) is 5.91 Å². The van der Waals surface area contributed by atoms with Crippen LogP contribution in [0.1, 0.15) is 37.8 Å². The van der Waals surface area contributed by atoms with Crippen molar-refractivity contribution < 1.29 is 9.53 Å². The first-order valence-corrected chi connectivity index (χ1v) is 10.2. The molecule has 1 aliphatic rings. The lowest BCUT2D eigenvalue weighted by atomic mass is 10.2. The fraction of sp³-hybridized carbons (Fsp3) is 0.391. The van der Waals surface area contributed by atoms with Crippen molar-refractivity contribution in [2.24, 2.45) is 10.9 Å². The predicted octanol–water partition coefficient (Wildman–Crippen LogP) is 3.69. The molecule has 0 aromatic heterocycles. The zero-order chi connectivity index (χ0) is 20.5. The van der Waals surface area contributed by atoms with Crippen LogP contribution >= 0.6 is 0 Å². The number of guanidine groups is 1. The van der Waals surface area contributed by atoms with Gasteiger partial charge < -0.3 is 20.7 Å². The van der Waals surface area contributed by atoms with Gasteiger partial charge in [0.15, 0.2) is 5.96 Å². The van der Waals surface area contributed by atoms with Crippen molar-refractivity contribution in [3.05, 3.63) is 59.7 Å². The van der Waals surface area contributed by atoms with Crippen LogP contribution in [0.2, 0.25) is 0 Å². The largest absolute Gasteiger partial charge is 0.493 e. The van der Waals surface area contributed by atoms with Crippen LogP contribution in [0.5, 0.6) is 5.75 Å². The van der Waals surface area contributed by atoms with Gasteiger partial charge in [-0.1, -0.05) is 30.3 Å². The van der Waals surface area contributed by atoms with E-state index in [1.807, 2.05) is 49.4 Å². The maximum atomic E-state index is 11.2. The van der Waals surface area contributed by atoms with Gasteiger partial charge in [0, 0.05) is 31.3 Å². The van der Waals surface area contributed by atoms with E-state index >= 15 is 0 Å². The molecule has 2 aromatic carbocycles. The first-order valence-electron chi connectivity index (χ1n) is 10.2. The van der Waals surface area contributed by atoms with Crippen molar-refractivity contribution >= 4 is 17.6 Å². The Balaban J connectivity index is 1.60. The molecule has 1 fully saturated rings. The van der Waals surface area contributed by atoms with Gasteiger partial charge in [-0.2, -0.15) is 0 Å². The molecule has 3 rings (SSSR count). The highest BCUT2D eigenvalue weighted by atomic mass is 16.5. The second-order valence-corrected chi connectivity index (χ2v) is 7.29. The third-order valence-electron chi connectivity index (χ3n) is 4.60. The topological polar surface area (TPSA) is 74.8 Å². The molecule has 2 aromatic rings. The number of amides is 1. The molecule has 154 valence electrons. The molecule has 0 spiro atoms. The summed E-state index contributed by atoms with van der Waals surface area (Å²) in [6, 6.07) is 15.9. The molecule has 0 saturated heterocycles. The van der Waals surface area contributed by atoms with E-state index < -0.39 is 0 Å². The molecule has 0 heterocycles. The summed E-state index contributed by atoms with van der Waals surface area (Å²) in [7, 11) is 0. The van der Waals surface area contributed by atoms with Gasteiger partial charge in [-0.3, -0.25) is 4.79 Å². The van der Waals surface area contributed by atoms with Crippen molar-refractivity contribution in [2.75, 3.05) is 18.5 Å². The van der Waals surface area contributed by atoms with Crippen LogP contribution in [0.3, 0.4) is 0 Å². The molecular formula is C23H30N4O2. The van der Waals surface area contributed by atoms with E-state index in [1.165, 1.54) is 19.8 Å². The molecule has 0 unspecified atom stereocenters. The maximum Gasteiger partial charge on any atom is 0.221 e. The van der Waals surface area contributed by atoms with E-state index in [1.54, 1.807) is 0 Å². The van der Waals surface area contributed by atoms with Crippen LogP contribution in [-0.4, -0.2) is 25.0 Å². The molecule has 6 nitrogen and oxygen atoms in total. The molecule has 1 amide bonds. The number of para-hydroxylation sites is 1. The van der Waals surface area contributed by atoms with E-state index in [9.17, 15) is 4.79 Å². The number of hydrogen-bond donors (Lipinski definition) is 3. The normalized spacial score (nSPS) is 13.7. The van der Waals surface area contributed by atoms with Gasteiger partial charge in [0.1, 0.15) is 5.75 Å². The molecule has 0 atom stereocenters. The summed E-state index contributed by atoms with van der Waals surface area (Å²) in [5.41, 5.74) is 2.93. The van der Waals surface area contributed by atoms with Crippen molar-refractivity contribution in [1.82, 2.24) is 10.6 Å². The Morgan fingerprint density at radius 1 is 1.14 bits per heavy atom. The molecule has 0 aliphatic heterocycles. The number of aliphatic imine (C=N–C) groups is 1. The zero-order valence-electron chi connectivity index (χ0n) is 17.2. The zero-order valence-corrected chi connectivity index (χ0v) is 17.2. The number of rotatable bonds is 9. The molecule has 29 heavy (non-hydrogen) atoms. The number of carbonyl (C=O) groups is 1. The first kappa shape index (κ1) is 20.7. The van der Waals surface area contributed by atoms with Crippen LogP contribution < -0.4 is 20.7 Å². The van der Waals surface area contributed by atoms with Gasteiger partial charge in [0.2, 0.25) is 5.91 Å². The van der Waals surface area contributed by atoms with Gasteiger partial charge in [-0.15, -0.1) is 0 Å². The second kappa shape index (κ2) is 10.5. The summed E-state index contributed by atoms with van der Waals surface area (Å²) in [5, 5.41) is 9.47. The molecule has 1 saturated carbocycles. The SMILES string of the molecule is CCNC(=NCc1cccc(NC(C)=O)c1)NCc1ccccc1OCC1CC1. The number of nitrogens with zero attached hydrogens (tertiary/aromatic N) is 1. The summed E-state index contributed by atoms with van der Waals surface area (Å²) >= 11 is 0. The molecular weight excluding hydrogens is 364 g/mol. The monoisotopic (exact) mass is 394 g/mol. The fourth-order valence-corrected chi connectivity index (χ4v) is 2.92. The smallest absolute Gasteiger partial charge is 0.221 e. The fourth-order valence-electron chi connectivity index (χ4n) is 2.92. The Morgan fingerprint density at radius 2 is 1.97 bits per heavy atom. The van der Waals surface area contributed by atoms with Crippen molar-refractivity contribution in [1.29, 1.82) is 0 Å². The molecule has 1 aliphatic carbocycles. The Hall–Kier alpha value is -3.02. The van der Waals surface area contributed by atoms with Crippen molar-refractivity contribution in [3.8, 4) is 5.75 Å². The van der Waals surface area contributed by atoms with Gasteiger partial charge in [0.25, 0.3) is 0 Å². The van der Waals surface area contributed by atoms with Crippen molar-refractivity contribution in [3.63, 3.8) is 0 Å². The first-order chi connectivity index (χ1) is 14.1. The summed E-state index contributed by atoms with van der Waals surface area (Å²) in [4.78, 5) is 15.9. The third kappa shape index (κ3) is 7.14. The lowest BCUT2D eigenvalue weighted by Crippen LogP contribution is -2.36. The number of nitrogens with one attached hydrogen (secondary N) is 3. The summed E-state index contributed by atoms with van der Waals surface area (Å²) in [6.45, 7) is 6.28. The average molecular weight is 395 g/mol. The highest BCUT2D eigenvalue weighted by Gasteiger charge is 2.22. The Morgan fingerprint density at radius 3 is 2.72 bits per heavy atom. The molecule has 0 bridgehead atoms. The quantitative estimate of drug-likeness (QED) is 0.448. The second-order valence-electron chi connectivity index (χ2n) is 7.29. The number of ether oxygens (including phenoxy) is 1. The Labute approximate surface area is 172 Å². The van der Waals surface area contributed by atoms with Crippen LogP contribution in [0.25, 0.3) is 0 Å². The minimum atomic E-state index is -0.0803. The Bertz CT molecular complexity index is 846. The molecule has 0 radical (unpaired) electrons. The highest BCUT2D eigenvalue weighted by Crippen LogP contribution is 2.30. The van der Waals surface area contributed by atoms with E-state index in [0.717, 1.165) is 47.6 Å². The lowest BCUT2D eigenvalue weighted by molar-refractivity contribution is -0.114. The van der Waals surface area contributed by atoms with Crippen molar-refractivity contribution in [2.45, 2.75) is 39.8 Å². The standard InChI is InChI=1S/C23H30N4O2/c1-3-24-23(25-14-19-7-6-9-21(13-19)27-17(2)28)26-15-20-8-4-5-10-22(20)29-16-18-11-12-18/h4-10,13,18H,3,11-12,14-16H2,1-2H3,(H,27,28)(H2,24,25,26).